The lowest BCUT2D eigenvalue weighted by atomic mass is 10.0. The topological polar surface area (TPSA) is 97.3 Å². The molecule has 0 aliphatic heterocycles. The average Bonchev–Trinajstić information content (AvgIpc) is 3.35. The summed E-state index contributed by atoms with van der Waals surface area (Å²) in [4.78, 5) is 37.0. The minimum Gasteiger partial charge on any atom is -0.289 e. The molecular formula is C28H21N3O4S2. The molecule has 0 saturated carbocycles. The molecule has 0 bridgehead atoms. The first-order valence-electron chi connectivity index (χ1n) is 11.3. The molecular weight excluding hydrogens is 506 g/mol. The van der Waals surface area contributed by atoms with Gasteiger partial charge in [0.1, 0.15) is 0 Å². The number of hydrogen-bond acceptors (Lipinski definition) is 7. The number of aromatic nitrogens is 2. The van der Waals surface area contributed by atoms with Gasteiger partial charge in [-0.05, 0) is 42.0 Å². The highest BCUT2D eigenvalue weighted by Gasteiger charge is 2.23. The van der Waals surface area contributed by atoms with Gasteiger partial charge in [0.15, 0.2) is 20.8 Å². The molecule has 0 radical (unpaired) electrons. The Morgan fingerprint density at radius 2 is 1.57 bits per heavy atom. The highest BCUT2D eigenvalue weighted by Crippen LogP contribution is 2.32. The molecule has 5 rings (SSSR count). The van der Waals surface area contributed by atoms with Crippen LogP contribution in [0.5, 0.6) is 0 Å². The number of nitrogens with zero attached hydrogens (tertiary/aromatic N) is 3. The molecule has 0 N–H and O–H groups in total. The van der Waals surface area contributed by atoms with Crippen molar-refractivity contribution < 1.29 is 18.0 Å². The number of rotatable bonds is 7. The van der Waals surface area contributed by atoms with Crippen molar-refractivity contribution in [2.75, 3.05) is 11.2 Å². The Balaban J connectivity index is 1.50. The summed E-state index contributed by atoms with van der Waals surface area (Å²) in [5.41, 5.74) is 2.85. The number of thiazole rings is 1. The Labute approximate surface area is 218 Å². The van der Waals surface area contributed by atoms with E-state index < -0.39 is 9.84 Å². The van der Waals surface area contributed by atoms with Crippen LogP contribution < -0.4 is 4.90 Å². The standard InChI is InChI=1S/C28H21N3O4S2/c1-37(34,35)23-13-14-24-25(16-23)36-28(30-24)31(18-19-6-5-15-29-17-19)27(33)22-11-9-21(10-12-22)26(32)20-7-3-2-4-8-20/h2-17H,18H2,1H3. The third-order valence-electron chi connectivity index (χ3n) is 5.75. The quantitative estimate of drug-likeness (QED) is 0.271. The fourth-order valence-corrected chi connectivity index (χ4v) is 5.54. The zero-order valence-corrected chi connectivity index (χ0v) is 21.4. The van der Waals surface area contributed by atoms with E-state index in [-0.39, 0.29) is 23.1 Å². The van der Waals surface area contributed by atoms with Gasteiger partial charge in [0.05, 0.1) is 21.7 Å². The van der Waals surface area contributed by atoms with E-state index >= 15 is 0 Å². The van der Waals surface area contributed by atoms with Crippen LogP contribution in [0, 0.1) is 0 Å². The van der Waals surface area contributed by atoms with Gasteiger partial charge in [-0.3, -0.25) is 19.5 Å². The molecule has 184 valence electrons. The monoisotopic (exact) mass is 527 g/mol. The molecule has 0 atom stereocenters. The number of fused-ring (bicyclic) bond motifs is 1. The largest absolute Gasteiger partial charge is 0.289 e. The third-order valence-corrected chi connectivity index (χ3v) is 7.90. The van der Waals surface area contributed by atoms with Crippen LogP contribution in [0.3, 0.4) is 0 Å². The van der Waals surface area contributed by atoms with Gasteiger partial charge in [0.25, 0.3) is 5.91 Å². The smallest absolute Gasteiger partial charge is 0.260 e. The predicted molar refractivity (Wildman–Crippen MR) is 144 cm³/mol. The van der Waals surface area contributed by atoms with Crippen molar-refractivity contribution >= 4 is 48.2 Å². The van der Waals surface area contributed by atoms with Crippen LogP contribution in [0.2, 0.25) is 0 Å². The SMILES string of the molecule is CS(=O)(=O)c1ccc2nc(N(Cc3cccnc3)C(=O)c3ccc(C(=O)c4ccccc4)cc3)sc2c1. The van der Waals surface area contributed by atoms with Crippen molar-refractivity contribution in [3.63, 3.8) is 0 Å². The van der Waals surface area contributed by atoms with Crippen molar-refractivity contribution in [2.24, 2.45) is 0 Å². The van der Waals surface area contributed by atoms with Gasteiger partial charge in [0.2, 0.25) is 0 Å². The number of anilines is 1. The molecule has 0 aliphatic carbocycles. The van der Waals surface area contributed by atoms with Crippen LogP contribution >= 0.6 is 11.3 Å². The summed E-state index contributed by atoms with van der Waals surface area (Å²) in [7, 11) is -3.38. The van der Waals surface area contributed by atoms with Crippen LogP contribution in [0.1, 0.15) is 31.8 Å². The van der Waals surface area contributed by atoms with E-state index in [1.807, 2.05) is 12.1 Å². The second-order valence-electron chi connectivity index (χ2n) is 8.42. The first-order chi connectivity index (χ1) is 17.8. The van der Waals surface area contributed by atoms with Crippen molar-refractivity contribution in [2.45, 2.75) is 11.4 Å². The van der Waals surface area contributed by atoms with Gasteiger partial charge in [-0.25, -0.2) is 13.4 Å². The minimum atomic E-state index is -3.38. The molecule has 0 saturated heterocycles. The van der Waals surface area contributed by atoms with Crippen LogP contribution in [0.15, 0.2) is 102 Å². The molecule has 1 amide bonds. The molecule has 37 heavy (non-hydrogen) atoms. The number of pyridine rings is 1. The molecule has 0 unspecified atom stereocenters. The van der Waals surface area contributed by atoms with Crippen LogP contribution in [0.25, 0.3) is 10.2 Å². The van der Waals surface area contributed by atoms with Crippen molar-refractivity contribution in [1.82, 2.24) is 9.97 Å². The summed E-state index contributed by atoms with van der Waals surface area (Å²) in [6.07, 6.45) is 4.49. The number of carbonyl (C=O) groups excluding carboxylic acids is 2. The lowest BCUT2D eigenvalue weighted by Crippen LogP contribution is -2.30. The number of sulfone groups is 1. The van der Waals surface area contributed by atoms with Gasteiger partial charge >= 0.3 is 0 Å². The number of hydrogen-bond donors (Lipinski definition) is 0. The maximum absolute atomic E-state index is 13.7. The molecule has 7 nitrogen and oxygen atoms in total. The summed E-state index contributed by atoms with van der Waals surface area (Å²) < 4.78 is 24.7. The summed E-state index contributed by atoms with van der Waals surface area (Å²) in [6, 6.07) is 23.9. The number of ketones is 1. The van der Waals surface area contributed by atoms with E-state index in [0.717, 1.165) is 11.8 Å². The number of amides is 1. The second-order valence-corrected chi connectivity index (χ2v) is 11.4. The molecule has 9 heteroatoms. The Kier molecular flexibility index (Phi) is 6.64. The van der Waals surface area contributed by atoms with Gasteiger partial charge in [0, 0.05) is 35.3 Å². The van der Waals surface area contributed by atoms with Crippen molar-refractivity contribution in [1.29, 1.82) is 0 Å². The Hall–Kier alpha value is -4.21. The summed E-state index contributed by atoms with van der Waals surface area (Å²) in [6.45, 7) is 0.218. The molecule has 0 fully saturated rings. The van der Waals surface area contributed by atoms with E-state index in [1.165, 1.54) is 22.3 Å². The van der Waals surface area contributed by atoms with E-state index in [4.69, 9.17) is 0 Å². The molecule has 2 heterocycles. The Morgan fingerprint density at radius 3 is 2.24 bits per heavy atom. The van der Waals surface area contributed by atoms with Gasteiger partial charge in [-0.2, -0.15) is 0 Å². The zero-order valence-electron chi connectivity index (χ0n) is 19.7. The maximum Gasteiger partial charge on any atom is 0.260 e. The predicted octanol–water partition coefficient (Wildman–Crippen LogP) is 5.17. The molecule has 2 aromatic heterocycles. The van der Waals surface area contributed by atoms with Crippen molar-refractivity contribution in [3.8, 4) is 0 Å². The normalized spacial score (nSPS) is 11.4. The van der Waals surface area contributed by atoms with Crippen LogP contribution in [0.4, 0.5) is 5.13 Å². The third kappa shape index (κ3) is 5.32. The van der Waals surface area contributed by atoms with E-state index in [0.29, 0.717) is 32.0 Å². The highest BCUT2D eigenvalue weighted by molar-refractivity contribution is 7.90. The Bertz CT molecular complexity index is 1700. The van der Waals surface area contributed by atoms with E-state index in [9.17, 15) is 18.0 Å². The van der Waals surface area contributed by atoms with Crippen molar-refractivity contribution in [3.05, 3.63) is 120 Å². The highest BCUT2D eigenvalue weighted by atomic mass is 32.2. The average molecular weight is 528 g/mol. The first-order valence-corrected chi connectivity index (χ1v) is 14.0. The molecule has 0 spiro atoms. The first kappa shape index (κ1) is 24.5. The molecule has 3 aromatic carbocycles. The number of carbonyl (C=O) groups is 2. The van der Waals surface area contributed by atoms with Crippen LogP contribution in [-0.4, -0.2) is 36.3 Å². The lowest BCUT2D eigenvalue weighted by molar-refractivity contribution is 0.0982. The van der Waals surface area contributed by atoms with E-state index in [2.05, 4.69) is 9.97 Å². The van der Waals surface area contributed by atoms with E-state index in [1.54, 1.807) is 79.1 Å². The summed E-state index contributed by atoms with van der Waals surface area (Å²) in [5, 5.41) is 0.430. The zero-order chi connectivity index (χ0) is 26.0. The summed E-state index contributed by atoms with van der Waals surface area (Å²) in [5.74, 6) is -0.426. The van der Waals surface area contributed by atoms with Gasteiger partial charge in [-0.15, -0.1) is 0 Å². The summed E-state index contributed by atoms with van der Waals surface area (Å²) >= 11 is 1.24. The molecule has 5 aromatic rings. The molecule has 0 aliphatic rings. The second kappa shape index (κ2) is 10.0. The van der Waals surface area contributed by atoms with Gasteiger partial charge < -0.3 is 0 Å². The maximum atomic E-state index is 13.7. The number of benzene rings is 3. The Morgan fingerprint density at radius 1 is 0.865 bits per heavy atom. The lowest BCUT2D eigenvalue weighted by Gasteiger charge is -2.20. The van der Waals surface area contributed by atoms with Gasteiger partial charge in [-0.1, -0.05) is 59.9 Å². The fraction of sp³-hybridized carbons (Fsp3) is 0.0714. The fourth-order valence-electron chi connectivity index (χ4n) is 3.82. The minimum absolute atomic E-state index is 0.125. The van der Waals surface area contributed by atoms with Crippen LogP contribution in [-0.2, 0) is 16.4 Å².